The van der Waals surface area contributed by atoms with Gasteiger partial charge in [-0.05, 0) is 55.3 Å². The van der Waals surface area contributed by atoms with Crippen LogP contribution in [0.4, 0.5) is 16.2 Å². The number of aliphatic imine (C=N–C) groups is 1. The largest absolute Gasteiger partial charge is 0.345 e. The molecule has 0 radical (unpaired) electrons. The summed E-state index contributed by atoms with van der Waals surface area (Å²) in [6.45, 7) is 2.72. The third kappa shape index (κ3) is 5.17. The van der Waals surface area contributed by atoms with Crippen molar-refractivity contribution >= 4 is 51.8 Å². The molecule has 0 unspecified atom stereocenters. The van der Waals surface area contributed by atoms with Gasteiger partial charge in [0, 0.05) is 42.8 Å². The Balaban J connectivity index is 1.62. The van der Waals surface area contributed by atoms with E-state index in [9.17, 15) is 9.59 Å². The molecule has 0 aliphatic carbocycles. The summed E-state index contributed by atoms with van der Waals surface area (Å²) in [5.74, 6) is 0.952. The number of halogens is 1. The molecule has 0 spiro atoms. The van der Waals surface area contributed by atoms with Crippen molar-refractivity contribution in [1.29, 1.82) is 0 Å². The van der Waals surface area contributed by atoms with Gasteiger partial charge in [0.05, 0.1) is 17.3 Å². The van der Waals surface area contributed by atoms with Crippen LogP contribution in [0.3, 0.4) is 0 Å². The molecule has 0 bridgehead atoms. The molecule has 7 nitrogen and oxygen atoms in total. The third-order valence-electron chi connectivity index (χ3n) is 5.46. The van der Waals surface area contributed by atoms with E-state index in [1.165, 1.54) is 0 Å². The summed E-state index contributed by atoms with van der Waals surface area (Å²) in [7, 11) is 3.51. The second-order valence-corrected chi connectivity index (χ2v) is 9.60. The lowest BCUT2D eigenvalue weighted by Gasteiger charge is -2.41. The lowest BCUT2D eigenvalue weighted by molar-refractivity contribution is -0.125. The van der Waals surface area contributed by atoms with E-state index >= 15 is 0 Å². The molecular formula is C24H26ClN5O2S. The third-order valence-corrected chi connectivity index (χ3v) is 6.79. The average molecular weight is 484 g/mol. The van der Waals surface area contributed by atoms with Crippen LogP contribution in [-0.4, -0.2) is 53.3 Å². The number of amidine groups is 1. The Kier molecular flexibility index (Phi) is 6.95. The molecule has 2 aliphatic rings. The van der Waals surface area contributed by atoms with Gasteiger partial charge in [-0.2, -0.15) is 0 Å². The number of thioether (sulfide) groups is 1. The molecule has 1 saturated heterocycles. The van der Waals surface area contributed by atoms with E-state index in [2.05, 4.69) is 15.5 Å². The summed E-state index contributed by atoms with van der Waals surface area (Å²) in [5, 5.41) is 7.23. The lowest BCUT2D eigenvalue weighted by Crippen LogP contribution is -2.43. The van der Waals surface area contributed by atoms with E-state index in [4.69, 9.17) is 16.6 Å². The number of hydrogen-bond donors (Lipinski definition) is 2. The summed E-state index contributed by atoms with van der Waals surface area (Å²) in [6, 6.07) is 13.9. The number of likely N-dealkylation sites (N-methyl/N-ethyl adjacent to an activating group) is 1. The van der Waals surface area contributed by atoms with Crippen LogP contribution in [0.15, 0.2) is 64.8 Å². The fourth-order valence-electron chi connectivity index (χ4n) is 3.94. The van der Waals surface area contributed by atoms with Crippen LogP contribution in [0.1, 0.15) is 24.9 Å². The second-order valence-electron chi connectivity index (χ2n) is 8.10. The molecule has 9 heteroatoms. The second kappa shape index (κ2) is 9.89. The maximum atomic E-state index is 13.1. The Bertz CT molecular complexity index is 1130. The molecule has 2 aliphatic heterocycles. The van der Waals surface area contributed by atoms with Crippen molar-refractivity contribution in [2.24, 2.45) is 4.99 Å². The number of rotatable bonds is 4. The van der Waals surface area contributed by atoms with Gasteiger partial charge in [-0.1, -0.05) is 35.5 Å². The van der Waals surface area contributed by atoms with Crippen LogP contribution in [0.5, 0.6) is 0 Å². The van der Waals surface area contributed by atoms with Crippen molar-refractivity contribution in [3.8, 4) is 0 Å². The van der Waals surface area contributed by atoms with E-state index in [1.807, 2.05) is 31.2 Å². The molecule has 4 rings (SSSR count). The Hall–Kier alpha value is -2.97. The van der Waals surface area contributed by atoms with Crippen molar-refractivity contribution in [3.63, 3.8) is 0 Å². The van der Waals surface area contributed by atoms with Crippen LogP contribution in [0, 0.1) is 0 Å². The monoisotopic (exact) mass is 483 g/mol. The highest BCUT2D eigenvalue weighted by Crippen LogP contribution is 2.40. The summed E-state index contributed by atoms with van der Waals surface area (Å²) in [4.78, 5) is 34.2. The zero-order valence-corrected chi connectivity index (χ0v) is 20.3. The van der Waals surface area contributed by atoms with Crippen molar-refractivity contribution in [1.82, 2.24) is 9.80 Å². The Labute approximate surface area is 202 Å². The van der Waals surface area contributed by atoms with Gasteiger partial charge < -0.3 is 20.4 Å². The van der Waals surface area contributed by atoms with Crippen LogP contribution >= 0.6 is 23.4 Å². The number of urea groups is 1. The first-order valence-electron chi connectivity index (χ1n) is 10.7. The Morgan fingerprint density at radius 1 is 1.12 bits per heavy atom. The fraction of sp³-hybridized carbons (Fsp3) is 0.292. The van der Waals surface area contributed by atoms with Crippen LogP contribution in [0.2, 0.25) is 5.02 Å². The topological polar surface area (TPSA) is 77.0 Å². The first-order valence-corrected chi connectivity index (χ1v) is 12.0. The maximum absolute atomic E-state index is 13.1. The van der Waals surface area contributed by atoms with Gasteiger partial charge in [0.2, 0.25) is 0 Å². The highest BCUT2D eigenvalue weighted by Gasteiger charge is 2.37. The molecule has 2 N–H and O–H groups in total. The Morgan fingerprint density at radius 2 is 1.85 bits per heavy atom. The van der Waals surface area contributed by atoms with Gasteiger partial charge in [0.25, 0.3) is 5.91 Å². The van der Waals surface area contributed by atoms with Crippen molar-refractivity contribution < 1.29 is 9.59 Å². The van der Waals surface area contributed by atoms with Gasteiger partial charge in [-0.15, -0.1) is 0 Å². The number of amides is 3. The molecule has 1 atom stereocenters. The average Bonchev–Trinajstić information content (AvgIpc) is 2.79. The molecule has 172 valence electrons. The molecule has 1 fully saturated rings. The maximum Gasteiger partial charge on any atom is 0.323 e. The van der Waals surface area contributed by atoms with E-state index in [-0.39, 0.29) is 18.0 Å². The zero-order chi connectivity index (χ0) is 23.5. The van der Waals surface area contributed by atoms with E-state index in [1.54, 1.807) is 55.0 Å². The van der Waals surface area contributed by atoms with Gasteiger partial charge in [0.15, 0.2) is 5.17 Å². The minimum absolute atomic E-state index is 0.0604. The lowest BCUT2D eigenvalue weighted by atomic mass is 9.93. The number of anilines is 2. The number of carbonyl (C=O) groups is 2. The Morgan fingerprint density at radius 3 is 2.58 bits per heavy atom. The first kappa shape index (κ1) is 23.2. The van der Waals surface area contributed by atoms with Gasteiger partial charge >= 0.3 is 6.03 Å². The van der Waals surface area contributed by atoms with Crippen molar-refractivity contribution in [3.05, 3.63) is 70.4 Å². The summed E-state index contributed by atoms with van der Waals surface area (Å²) >= 11 is 7.62. The minimum Gasteiger partial charge on any atom is -0.345 e. The number of allylic oxidation sites excluding steroid dienone is 1. The predicted molar refractivity (Wildman–Crippen MR) is 136 cm³/mol. The van der Waals surface area contributed by atoms with Gasteiger partial charge in [-0.3, -0.25) is 4.79 Å². The molecular weight excluding hydrogens is 458 g/mol. The van der Waals surface area contributed by atoms with E-state index in [0.717, 1.165) is 35.1 Å². The SMILES string of the molecule is CC1=C(C(=O)N(C)C)[C@@H](c2cccc(NC(=O)Nc3ccc(Cl)cc3)c2)N2CCCSC2=N1. The number of carbonyl (C=O) groups excluding carboxylic acids is 2. The number of hydrogen-bond acceptors (Lipinski definition) is 5. The molecule has 3 amide bonds. The number of benzene rings is 2. The summed E-state index contributed by atoms with van der Waals surface area (Å²) in [6.07, 6.45) is 1.02. The quantitative estimate of drug-likeness (QED) is 0.627. The summed E-state index contributed by atoms with van der Waals surface area (Å²) in [5.41, 5.74) is 3.61. The molecule has 0 aromatic heterocycles. The highest BCUT2D eigenvalue weighted by molar-refractivity contribution is 8.13. The van der Waals surface area contributed by atoms with Crippen LogP contribution < -0.4 is 10.6 Å². The van der Waals surface area contributed by atoms with E-state index in [0.29, 0.717) is 22.0 Å². The molecule has 2 heterocycles. The molecule has 2 aromatic carbocycles. The fourth-order valence-corrected chi connectivity index (χ4v) is 5.09. The number of nitrogens with zero attached hydrogens (tertiary/aromatic N) is 3. The van der Waals surface area contributed by atoms with Gasteiger partial charge in [-0.25, -0.2) is 9.79 Å². The summed E-state index contributed by atoms with van der Waals surface area (Å²) < 4.78 is 0. The molecule has 0 saturated carbocycles. The van der Waals surface area contributed by atoms with Gasteiger partial charge in [0.1, 0.15) is 0 Å². The standard InChI is InChI=1S/C24H26ClN5O2S/c1-15-20(22(31)29(2)3)21(30-12-5-13-33-24(30)26-15)16-6-4-7-19(14-16)28-23(32)27-18-10-8-17(25)9-11-18/h4,6-11,14,21H,5,12-13H2,1-3H3,(H2,27,28,32)/t21-/m1/s1. The normalized spacial score (nSPS) is 17.8. The minimum atomic E-state index is -0.356. The van der Waals surface area contributed by atoms with Crippen molar-refractivity contribution in [2.45, 2.75) is 19.4 Å². The zero-order valence-electron chi connectivity index (χ0n) is 18.8. The predicted octanol–water partition coefficient (Wildman–Crippen LogP) is 5.20. The highest BCUT2D eigenvalue weighted by atomic mass is 35.5. The smallest absolute Gasteiger partial charge is 0.323 e. The van der Waals surface area contributed by atoms with Crippen LogP contribution in [0.25, 0.3) is 0 Å². The van der Waals surface area contributed by atoms with E-state index < -0.39 is 0 Å². The molecule has 2 aromatic rings. The van der Waals surface area contributed by atoms with Crippen molar-refractivity contribution in [2.75, 3.05) is 37.0 Å². The van der Waals surface area contributed by atoms with Crippen LogP contribution in [-0.2, 0) is 4.79 Å². The number of nitrogens with one attached hydrogen (secondary N) is 2. The first-order chi connectivity index (χ1) is 15.8. The number of fused-ring (bicyclic) bond motifs is 1. The molecule has 33 heavy (non-hydrogen) atoms.